The minimum atomic E-state index is 0.475. The smallest absolute Gasteiger partial charge is 0.0456 e. The molecule has 1 saturated heterocycles. The van der Waals surface area contributed by atoms with Crippen molar-refractivity contribution in [1.82, 2.24) is 10.3 Å². The monoisotopic (exact) mass is 264 g/mol. The van der Waals surface area contributed by atoms with Gasteiger partial charge in [0.2, 0.25) is 0 Å². The number of aromatic nitrogens is 1. The maximum atomic E-state index is 4.36. The van der Waals surface area contributed by atoms with Crippen LogP contribution >= 0.6 is 11.8 Å². The summed E-state index contributed by atoms with van der Waals surface area (Å²) in [6.45, 7) is 5.45. The lowest BCUT2D eigenvalue weighted by molar-refractivity contribution is 0.478. The van der Waals surface area contributed by atoms with Crippen LogP contribution in [0.1, 0.15) is 49.8 Å². The number of aryl methyl sites for hydroxylation is 1. The highest BCUT2D eigenvalue weighted by molar-refractivity contribution is 8.00. The zero-order valence-corrected chi connectivity index (χ0v) is 12.3. The van der Waals surface area contributed by atoms with Gasteiger partial charge in [0.1, 0.15) is 0 Å². The highest BCUT2D eigenvalue weighted by Gasteiger charge is 2.25. The number of nitrogens with zero attached hydrogens (tertiary/aromatic N) is 1. The van der Waals surface area contributed by atoms with Crippen molar-refractivity contribution in [3.8, 4) is 0 Å². The standard InChI is InChI=1S/C15H24N2S/c1-3-7-17-15(14-6-4-5-8-18-14)13-9-12(2)10-16-11-13/h9-11,14-15,17H,3-8H2,1-2H3. The van der Waals surface area contributed by atoms with Gasteiger partial charge in [-0.2, -0.15) is 11.8 Å². The molecule has 0 aromatic carbocycles. The molecule has 0 radical (unpaired) electrons. The Morgan fingerprint density at radius 2 is 2.33 bits per heavy atom. The largest absolute Gasteiger partial charge is 0.309 e. The van der Waals surface area contributed by atoms with E-state index in [-0.39, 0.29) is 0 Å². The zero-order chi connectivity index (χ0) is 12.8. The van der Waals surface area contributed by atoms with E-state index in [1.54, 1.807) is 0 Å². The Labute approximate surface area is 115 Å². The van der Waals surface area contributed by atoms with Gasteiger partial charge >= 0.3 is 0 Å². The number of hydrogen-bond acceptors (Lipinski definition) is 3. The van der Waals surface area contributed by atoms with E-state index in [9.17, 15) is 0 Å². The molecule has 1 fully saturated rings. The van der Waals surface area contributed by atoms with Crippen molar-refractivity contribution in [3.05, 3.63) is 29.6 Å². The van der Waals surface area contributed by atoms with Crippen molar-refractivity contribution < 1.29 is 0 Å². The third kappa shape index (κ3) is 3.72. The number of pyridine rings is 1. The predicted molar refractivity (Wildman–Crippen MR) is 80.1 cm³/mol. The van der Waals surface area contributed by atoms with Crippen molar-refractivity contribution in [3.63, 3.8) is 0 Å². The van der Waals surface area contributed by atoms with Gasteiger partial charge < -0.3 is 5.32 Å². The van der Waals surface area contributed by atoms with Gasteiger partial charge in [0.15, 0.2) is 0 Å². The molecule has 0 spiro atoms. The summed E-state index contributed by atoms with van der Waals surface area (Å²) in [6, 6.07) is 2.76. The predicted octanol–water partition coefficient (Wildman–Crippen LogP) is 3.72. The van der Waals surface area contributed by atoms with Crippen LogP contribution in [0, 0.1) is 6.92 Å². The molecule has 2 rings (SSSR count). The van der Waals surface area contributed by atoms with Gasteiger partial charge in [-0.3, -0.25) is 4.98 Å². The first-order valence-corrected chi connectivity index (χ1v) is 8.12. The first-order chi connectivity index (χ1) is 8.81. The van der Waals surface area contributed by atoms with Crippen LogP contribution in [0.25, 0.3) is 0 Å². The lowest BCUT2D eigenvalue weighted by Crippen LogP contribution is -2.32. The van der Waals surface area contributed by atoms with E-state index in [0.717, 1.165) is 6.54 Å². The van der Waals surface area contributed by atoms with E-state index < -0.39 is 0 Å². The highest BCUT2D eigenvalue weighted by atomic mass is 32.2. The van der Waals surface area contributed by atoms with E-state index >= 15 is 0 Å². The van der Waals surface area contributed by atoms with Crippen LogP contribution < -0.4 is 5.32 Å². The average molecular weight is 264 g/mol. The molecule has 1 aliphatic heterocycles. The normalized spacial score (nSPS) is 21.8. The lowest BCUT2D eigenvalue weighted by atomic mass is 9.99. The topological polar surface area (TPSA) is 24.9 Å². The third-order valence-corrected chi connectivity index (χ3v) is 4.92. The molecular weight excluding hydrogens is 240 g/mol. The average Bonchev–Trinajstić information content (AvgIpc) is 2.40. The van der Waals surface area contributed by atoms with E-state index in [0.29, 0.717) is 11.3 Å². The Kier molecular flexibility index (Phi) is 5.51. The van der Waals surface area contributed by atoms with E-state index in [1.165, 1.54) is 42.6 Å². The summed E-state index contributed by atoms with van der Waals surface area (Å²) in [6.07, 6.45) is 9.26. The molecule has 0 amide bonds. The van der Waals surface area contributed by atoms with Crippen LogP contribution in [0.3, 0.4) is 0 Å². The summed E-state index contributed by atoms with van der Waals surface area (Å²) in [5.41, 5.74) is 2.62. The summed E-state index contributed by atoms with van der Waals surface area (Å²) >= 11 is 2.13. The van der Waals surface area contributed by atoms with Crippen molar-refractivity contribution >= 4 is 11.8 Å². The second-order valence-electron chi connectivity index (χ2n) is 5.13. The van der Waals surface area contributed by atoms with Gasteiger partial charge in [-0.05, 0) is 49.6 Å². The molecule has 1 N–H and O–H groups in total. The Hall–Kier alpha value is -0.540. The molecular formula is C15H24N2S. The third-order valence-electron chi connectivity index (χ3n) is 3.46. The van der Waals surface area contributed by atoms with Gasteiger partial charge in [-0.15, -0.1) is 0 Å². The van der Waals surface area contributed by atoms with Crippen LogP contribution in [0.2, 0.25) is 0 Å². The molecule has 0 aliphatic carbocycles. The summed E-state index contributed by atoms with van der Waals surface area (Å²) < 4.78 is 0. The van der Waals surface area contributed by atoms with Gasteiger partial charge in [-0.25, -0.2) is 0 Å². The minimum Gasteiger partial charge on any atom is -0.309 e. The maximum Gasteiger partial charge on any atom is 0.0456 e. The molecule has 2 nitrogen and oxygen atoms in total. The fourth-order valence-corrected chi connectivity index (χ4v) is 3.99. The Bertz CT molecular complexity index is 361. The summed E-state index contributed by atoms with van der Waals surface area (Å²) in [5.74, 6) is 1.31. The van der Waals surface area contributed by atoms with Crippen molar-refractivity contribution in [2.75, 3.05) is 12.3 Å². The molecule has 2 atom stereocenters. The second-order valence-corrected chi connectivity index (χ2v) is 6.48. The van der Waals surface area contributed by atoms with E-state index in [1.807, 2.05) is 12.4 Å². The summed E-state index contributed by atoms with van der Waals surface area (Å²) in [7, 11) is 0. The van der Waals surface area contributed by atoms with Crippen molar-refractivity contribution in [1.29, 1.82) is 0 Å². The van der Waals surface area contributed by atoms with Crippen LogP contribution in [-0.4, -0.2) is 22.5 Å². The van der Waals surface area contributed by atoms with Crippen LogP contribution in [-0.2, 0) is 0 Å². The zero-order valence-electron chi connectivity index (χ0n) is 11.5. The number of thioether (sulfide) groups is 1. The first-order valence-electron chi connectivity index (χ1n) is 7.08. The fraction of sp³-hybridized carbons (Fsp3) is 0.667. The summed E-state index contributed by atoms with van der Waals surface area (Å²) in [5, 5.41) is 4.44. The highest BCUT2D eigenvalue weighted by Crippen LogP contribution is 2.34. The summed E-state index contributed by atoms with van der Waals surface area (Å²) in [4.78, 5) is 4.36. The molecule has 2 heterocycles. The molecule has 2 unspecified atom stereocenters. The fourth-order valence-electron chi connectivity index (χ4n) is 2.54. The minimum absolute atomic E-state index is 0.475. The molecule has 1 aromatic heterocycles. The van der Waals surface area contributed by atoms with Gasteiger partial charge in [0.05, 0.1) is 0 Å². The first kappa shape index (κ1) is 13.9. The molecule has 1 aromatic rings. The van der Waals surface area contributed by atoms with Crippen LogP contribution in [0.4, 0.5) is 0 Å². The van der Waals surface area contributed by atoms with Crippen molar-refractivity contribution in [2.24, 2.45) is 0 Å². The van der Waals surface area contributed by atoms with E-state index in [2.05, 4.69) is 42.0 Å². The van der Waals surface area contributed by atoms with Gasteiger partial charge in [0, 0.05) is 23.7 Å². The number of nitrogens with one attached hydrogen (secondary N) is 1. The van der Waals surface area contributed by atoms with Gasteiger partial charge in [0.25, 0.3) is 0 Å². The molecule has 3 heteroatoms. The molecule has 1 aliphatic rings. The van der Waals surface area contributed by atoms with E-state index in [4.69, 9.17) is 0 Å². The lowest BCUT2D eigenvalue weighted by Gasteiger charge is -2.31. The Morgan fingerprint density at radius 1 is 1.44 bits per heavy atom. The Morgan fingerprint density at radius 3 is 3.00 bits per heavy atom. The van der Waals surface area contributed by atoms with Crippen LogP contribution in [0.15, 0.2) is 18.5 Å². The molecule has 0 saturated carbocycles. The molecule has 100 valence electrons. The number of rotatable bonds is 5. The molecule has 0 bridgehead atoms. The van der Waals surface area contributed by atoms with Crippen LogP contribution in [0.5, 0.6) is 0 Å². The van der Waals surface area contributed by atoms with Crippen molar-refractivity contribution in [2.45, 2.75) is 50.8 Å². The van der Waals surface area contributed by atoms with Gasteiger partial charge in [-0.1, -0.05) is 19.4 Å². The second kappa shape index (κ2) is 7.15. The SMILES string of the molecule is CCCNC(c1cncc(C)c1)C1CCCCS1. The maximum absolute atomic E-state index is 4.36. The number of hydrogen-bond donors (Lipinski definition) is 1. The molecule has 18 heavy (non-hydrogen) atoms. The Balaban J connectivity index is 2.12. The quantitative estimate of drug-likeness (QED) is 0.877.